The summed E-state index contributed by atoms with van der Waals surface area (Å²) in [4.78, 5) is 24.1. The lowest BCUT2D eigenvalue weighted by Crippen LogP contribution is -2.27. The average molecular weight is 437 g/mol. The Balaban J connectivity index is 1.46. The van der Waals surface area contributed by atoms with Gasteiger partial charge in [-0.1, -0.05) is 30.4 Å². The van der Waals surface area contributed by atoms with Gasteiger partial charge in [0.05, 0.1) is 27.6 Å². The Labute approximate surface area is 184 Å². The summed E-state index contributed by atoms with van der Waals surface area (Å²) in [5.41, 5.74) is 7.56. The maximum atomic E-state index is 12.4. The number of benzene rings is 1. The number of aromatic hydroxyl groups is 1. The summed E-state index contributed by atoms with van der Waals surface area (Å²) in [6.07, 6.45) is 9.47. The normalized spacial score (nSPS) is 18.3. The number of hydrogen-bond acceptors (Lipinski definition) is 5. The topological polar surface area (TPSA) is 99.0 Å². The number of nitrogens with zero attached hydrogens (tertiary/aromatic N) is 1. The van der Waals surface area contributed by atoms with Crippen molar-refractivity contribution in [2.45, 2.75) is 39.0 Å². The predicted molar refractivity (Wildman–Crippen MR) is 121 cm³/mol. The molecule has 31 heavy (non-hydrogen) atoms. The number of thiophene rings is 1. The molecular formula is C24H24N2O4S. The molecule has 160 valence electrons. The lowest BCUT2D eigenvalue weighted by atomic mass is 9.90. The van der Waals surface area contributed by atoms with Crippen molar-refractivity contribution in [3.8, 4) is 16.2 Å². The molecular weight excluding hydrogens is 412 g/mol. The number of allylic oxidation sites excluding steroid dienone is 1. The number of aryl methyl sites for hydroxylation is 2. The average Bonchev–Trinajstić information content (AvgIpc) is 3.18. The third-order valence-corrected chi connectivity index (χ3v) is 6.80. The summed E-state index contributed by atoms with van der Waals surface area (Å²) in [6.45, 7) is 1.73. The van der Waals surface area contributed by atoms with Crippen LogP contribution in [0.4, 0.5) is 0 Å². The molecule has 2 aliphatic carbocycles. The van der Waals surface area contributed by atoms with Crippen molar-refractivity contribution in [3.63, 3.8) is 0 Å². The lowest BCUT2D eigenvalue weighted by molar-refractivity contribution is -0.132. The molecule has 0 bridgehead atoms. The number of carboxylic acid groups (broad SMARTS) is 1. The summed E-state index contributed by atoms with van der Waals surface area (Å²) in [5, 5.41) is 25.8. The van der Waals surface area contributed by atoms with Gasteiger partial charge in [-0.05, 0) is 61.8 Å². The zero-order valence-electron chi connectivity index (χ0n) is 17.2. The number of amides is 1. The Morgan fingerprint density at radius 3 is 2.68 bits per heavy atom. The van der Waals surface area contributed by atoms with Gasteiger partial charge in [0.25, 0.3) is 0 Å². The van der Waals surface area contributed by atoms with E-state index in [1.165, 1.54) is 47.5 Å². The van der Waals surface area contributed by atoms with Gasteiger partial charge in [0, 0.05) is 5.38 Å². The second kappa shape index (κ2) is 8.89. The molecule has 2 aromatic rings. The zero-order valence-corrected chi connectivity index (χ0v) is 18.0. The molecule has 1 amide bonds. The van der Waals surface area contributed by atoms with Gasteiger partial charge >= 0.3 is 5.97 Å². The van der Waals surface area contributed by atoms with E-state index in [9.17, 15) is 14.7 Å². The largest absolute Gasteiger partial charge is 0.506 e. The van der Waals surface area contributed by atoms with Crippen LogP contribution in [0.25, 0.3) is 10.4 Å². The fourth-order valence-electron chi connectivity index (χ4n) is 3.94. The Bertz CT molecular complexity index is 1130. The number of nitrogens with one attached hydrogen (secondary N) is 1. The highest BCUT2D eigenvalue weighted by Crippen LogP contribution is 2.40. The van der Waals surface area contributed by atoms with Crippen molar-refractivity contribution in [2.75, 3.05) is 0 Å². The van der Waals surface area contributed by atoms with Crippen molar-refractivity contribution in [1.29, 1.82) is 0 Å². The number of carboxylic acids is 1. The van der Waals surface area contributed by atoms with Crippen molar-refractivity contribution in [1.82, 2.24) is 5.43 Å². The van der Waals surface area contributed by atoms with Crippen LogP contribution in [0.2, 0.25) is 0 Å². The van der Waals surface area contributed by atoms with E-state index in [0.717, 1.165) is 23.3 Å². The van der Waals surface area contributed by atoms with Gasteiger partial charge < -0.3 is 10.2 Å². The number of aliphatic carboxylic acids is 1. The van der Waals surface area contributed by atoms with Crippen LogP contribution in [-0.4, -0.2) is 27.8 Å². The molecule has 6 nitrogen and oxygen atoms in total. The summed E-state index contributed by atoms with van der Waals surface area (Å²) < 4.78 is 0. The first-order chi connectivity index (χ1) is 14.9. The molecule has 0 spiro atoms. The fourth-order valence-corrected chi connectivity index (χ4v) is 4.95. The van der Waals surface area contributed by atoms with Crippen LogP contribution < -0.4 is 5.43 Å². The Hall–Kier alpha value is -3.19. The highest BCUT2D eigenvalue weighted by molar-refractivity contribution is 7.14. The Kier molecular flexibility index (Phi) is 6.04. The molecule has 1 unspecified atom stereocenters. The Morgan fingerprint density at radius 1 is 1.19 bits per heavy atom. The maximum absolute atomic E-state index is 12.4. The van der Waals surface area contributed by atoms with Crippen LogP contribution >= 0.6 is 11.3 Å². The van der Waals surface area contributed by atoms with E-state index in [1.807, 2.05) is 5.38 Å². The second-order valence-electron chi connectivity index (χ2n) is 7.86. The molecule has 4 rings (SSSR count). The predicted octanol–water partition coefficient (Wildman–Crippen LogP) is 4.43. The highest BCUT2D eigenvalue weighted by atomic mass is 32.1. The highest BCUT2D eigenvalue weighted by Gasteiger charge is 2.20. The van der Waals surface area contributed by atoms with E-state index < -0.39 is 11.9 Å². The van der Waals surface area contributed by atoms with Gasteiger partial charge in [-0.2, -0.15) is 5.10 Å². The van der Waals surface area contributed by atoms with Gasteiger partial charge in [-0.15, -0.1) is 11.3 Å². The van der Waals surface area contributed by atoms with Crippen LogP contribution in [0.15, 0.2) is 52.5 Å². The van der Waals surface area contributed by atoms with E-state index in [1.54, 1.807) is 13.0 Å². The van der Waals surface area contributed by atoms with Gasteiger partial charge in [0.1, 0.15) is 5.75 Å². The number of rotatable bonds is 5. The number of fused-ring (bicyclic) bond motifs is 1. The number of hydrogen-bond donors (Lipinski definition) is 3. The third kappa shape index (κ3) is 4.46. The molecule has 3 N–H and O–H groups in total. The SMILES string of the molecule is C/C(=N\NC(=O)C1C=CC(C(=O)O)=CC1)c1csc(-c2ccc3c(c2)CCCC3)c1O. The van der Waals surface area contributed by atoms with Gasteiger partial charge in [-0.25, -0.2) is 10.2 Å². The summed E-state index contributed by atoms with van der Waals surface area (Å²) in [7, 11) is 0. The van der Waals surface area contributed by atoms with Crippen LogP contribution in [0.1, 0.15) is 42.9 Å². The lowest BCUT2D eigenvalue weighted by Gasteiger charge is -2.16. The fraction of sp³-hybridized carbons (Fsp3) is 0.292. The quantitative estimate of drug-likeness (QED) is 0.477. The molecule has 1 atom stereocenters. The second-order valence-corrected chi connectivity index (χ2v) is 8.74. The number of carbonyl (C=O) groups excluding carboxylic acids is 1. The molecule has 1 aromatic carbocycles. The standard InChI is InChI=1S/C24H24N2O4S/c1-14(25-26-23(28)16-7-9-17(10-8-16)24(29)30)20-13-31-22(21(20)27)19-11-6-15-4-2-3-5-18(15)12-19/h6-7,9-13,16,27H,2-5,8H2,1H3,(H,26,28)(H,29,30)/b25-14+. The smallest absolute Gasteiger partial charge is 0.335 e. The number of carbonyl (C=O) groups is 2. The zero-order chi connectivity index (χ0) is 22.0. The molecule has 0 aliphatic heterocycles. The monoisotopic (exact) mass is 436 g/mol. The van der Waals surface area contributed by atoms with E-state index in [0.29, 0.717) is 17.7 Å². The first-order valence-electron chi connectivity index (χ1n) is 10.3. The van der Waals surface area contributed by atoms with Crippen LogP contribution in [0.3, 0.4) is 0 Å². The maximum Gasteiger partial charge on any atom is 0.335 e. The van der Waals surface area contributed by atoms with Crippen molar-refractivity contribution in [3.05, 3.63) is 64.1 Å². The van der Waals surface area contributed by atoms with Gasteiger partial charge in [0.15, 0.2) is 0 Å². The molecule has 1 aromatic heterocycles. The van der Waals surface area contributed by atoms with Crippen LogP contribution in [0.5, 0.6) is 5.75 Å². The molecule has 1 heterocycles. The van der Waals surface area contributed by atoms with Crippen LogP contribution in [0, 0.1) is 5.92 Å². The van der Waals surface area contributed by atoms with Crippen molar-refractivity contribution >= 4 is 28.9 Å². The summed E-state index contributed by atoms with van der Waals surface area (Å²) >= 11 is 1.46. The number of hydrazone groups is 1. The van der Waals surface area contributed by atoms with E-state index in [4.69, 9.17) is 5.11 Å². The van der Waals surface area contributed by atoms with Crippen molar-refractivity contribution < 1.29 is 19.8 Å². The summed E-state index contributed by atoms with van der Waals surface area (Å²) in [6, 6.07) is 6.39. The minimum atomic E-state index is -1.01. The van der Waals surface area contributed by atoms with Gasteiger partial charge in [-0.3, -0.25) is 4.79 Å². The van der Waals surface area contributed by atoms with E-state index in [2.05, 4.69) is 28.7 Å². The molecule has 0 radical (unpaired) electrons. The third-order valence-electron chi connectivity index (χ3n) is 5.78. The van der Waals surface area contributed by atoms with Crippen LogP contribution in [-0.2, 0) is 22.4 Å². The van der Waals surface area contributed by atoms with Gasteiger partial charge in [0.2, 0.25) is 5.91 Å². The molecule has 7 heteroatoms. The first kappa shape index (κ1) is 21.1. The van der Waals surface area contributed by atoms with E-state index >= 15 is 0 Å². The molecule has 0 saturated carbocycles. The minimum Gasteiger partial charge on any atom is -0.506 e. The summed E-state index contributed by atoms with van der Waals surface area (Å²) in [5.74, 6) is -1.63. The van der Waals surface area contributed by atoms with E-state index in [-0.39, 0.29) is 17.2 Å². The molecule has 2 aliphatic rings. The van der Waals surface area contributed by atoms with Crippen molar-refractivity contribution in [2.24, 2.45) is 11.0 Å². The molecule has 0 fully saturated rings. The minimum absolute atomic E-state index is 0.169. The Morgan fingerprint density at radius 2 is 1.97 bits per heavy atom. The first-order valence-corrected chi connectivity index (χ1v) is 11.2. The molecule has 0 saturated heterocycles.